The van der Waals surface area contributed by atoms with Crippen LogP contribution in [-0.4, -0.2) is 23.3 Å². The minimum Gasteiger partial charge on any atom is -0.356 e. The molecule has 4 heteroatoms. The summed E-state index contributed by atoms with van der Waals surface area (Å²) in [6.45, 7) is 3.88. The smallest absolute Gasteiger partial charge is 0.216 e. The highest BCUT2D eigenvalue weighted by atomic mass is 32.2. The van der Waals surface area contributed by atoms with Crippen molar-refractivity contribution >= 4 is 22.8 Å². The van der Waals surface area contributed by atoms with Crippen LogP contribution in [0.2, 0.25) is 0 Å². The molecule has 1 N–H and O–H groups in total. The summed E-state index contributed by atoms with van der Waals surface area (Å²) in [6, 6.07) is 0. The van der Waals surface area contributed by atoms with Crippen molar-refractivity contribution in [1.29, 1.82) is 0 Å². The van der Waals surface area contributed by atoms with Crippen molar-refractivity contribution < 1.29 is 9.59 Å². The zero-order valence-corrected chi connectivity index (χ0v) is 9.26. The number of carbonyl (C=O) groups excluding carboxylic acids is 2. The number of carbonyl (C=O) groups is 2. The van der Waals surface area contributed by atoms with Crippen LogP contribution in [-0.2, 0) is 9.59 Å². The quantitative estimate of drug-likeness (QED) is 0.428. The Morgan fingerprint density at radius 2 is 2.07 bits per heavy atom. The summed E-state index contributed by atoms with van der Waals surface area (Å²) in [7, 11) is 0. The molecule has 0 aliphatic heterocycles. The second-order valence-corrected chi connectivity index (χ2v) is 3.63. The molecule has 0 aromatic carbocycles. The lowest BCUT2D eigenvalue weighted by Gasteiger charge is -1.98. The van der Waals surface area contributed by atoms with E-state index in [4.69, 9.17) is 0 Å². The van der Waals surface area contributed by atoms with Gasteiger partial charge in [0.05, 0.1) is 0 Å². The summed E-state index contributed by atoms with van der Waals surface area (Å²) in [5.41, 5.74) is 0. The van der Waals surface area contributed by atoms with Crippen LogP contribution in [0.4, 0.5) is 0 Å². The summed E-state index contributed by atoms with van der Waals surface area (Å²) in [6.07, 6.45) is 6.87. The Hall–Kier alpha value is -1.03. The van der Waals surface area contributed by atoms with Crippen LogP contribution in [0.5, 0.6) is 0 Å². The summed E-state index contributed by atoms with van der Waals surface area (Å²) < 4.78 is 0. The second kappa shape index (κ2) is 8.56. The molecule has 1 amide bonds. The van der Waals surface area contributed by atoms with Crippen molar-refractivity contribution in [2.75, 3.05) is 12.3 Å². The molecule has 0 unspecified atom stereocenters. The molecule has 0 spiro atoms. The third-order valence-corrected chi connectivity index (χ3v) is 2.09. The first-order valence-corrected chi connectivity index (χ1v) is 5.36. The fourth-order valence-electron chi connectivity index (χ4n) is 0.672. The van der Waals surface area contributed by atoms with Gasteiger partial charge in [-0.3, -0.25) is 9.59 Å². The Kier molecular flexibility index (Phi) is 7.93. The SMILES string of the molecule is CC=CC=CC(=O)SCCNC(C)=O. The Morgan fingerprint density at radius 3 is 2.64 bits per heavy atom. The first-order valence-electron chi connectivity index (χ1n) is 4.37. The van der Waals surface area contributed by atoms with Gasteiger partial charge in [0, 0.05) is 19.2 Å². The van der Waals surface area contributed by atoms with E-state index in [1.165, 1.54) is 24.8 Å². The van der Waals surface area contributed by atoms with Crippen LogP contribution in [0.3, 0.4) is 0 Å². The first kappa shape index (κ1) is 13.0. The molecule has 0 fully saturated rings. The predicted molar refractivity (Wildman–Crippen MR) is 60.1 cm³/mol. The van der Waals surface area contributed by atoms with E-state index >= 15 is 0 Å². The maximum atomic E-state index is 11.1. The van der Waals surface area contributed by atoms with Crippen LogP contribution in [0.15, 0.2) is 24.3 Å². The molecule has 0 atom stereocenters. The monoisotopic (exact) mass is 213 g/mol. The molecule has 0 rings (SSSR count). The van der Waals surface area contributed by atoms with E-state index in [9.17, 15) is 9.59 Å². The van der Waals surface area contributed by atoms with Gasteiger partial charge in [0.2, 0.25) is 11.0 Å². The number of hydrogen-bond donors (Lipinski definition) is 1. The standard InChI is InChI=1S/C10H15NO2S/c1-3-4-5-6-10(13)14-8-7-11-9(2)12/h3-6H,7-8H2,1-2H3,(H,11,12). The minimum atomic E-state index is -0.0671. The lowest BCUT2D eigenvalue weighted by atomic mass is 10.4. The van der Waals surface area contributed by atoms with Gasteiger partial charge in [-0.25, -0.2) is 0 Å². The average Bonchev–Trinajstić information content (AvgIpc) is 2.13. The van der Waals surface area contributed by atoms with Crippen LogP contribution in [0, 0.1) is 0 Å². The number of rotatable bonds is 5. The molecule has 0 bridgehead atoms. The third kappa shape index (κ3) is 9.06. The average molecular weight is 213 g/mol. The van der Waals surface area contributed by atoms with E-state index in [1.807, 2.05) is 13.0 Å². The Morgan fingerprint density at radius 1 is 1.36 bits per heavy atom. The van der Waals surface area contributed by atoms with Crippen LogP contribution in [0.1, 0.15) is 13.8 Å². The predicted octanol–water partition coefficient (Wildman–Crippen LogP) is 1.51. The molecule has 14 heavy (non-hydrogen) atoms. The molecule has 0 saturated heterocycles. The Labute approximate surface area is 88.6 Å². The summed E-state index contributed by atoms with van der Waals surface area (Å²) in [4.78, 5) is 21.6. The molecular weight excluding hydrogens is 198 g/mol. The number of amides is 1. The topological polar surface area (TPSA) is 46.2 Å². The molecule has 0 saturated carbocycles. The van der Waals surface area contributed by atoms with E-state index in [2.05, 4.69) is 5.32 Å². The van der Waals surface area contributed by atoms with E-state index in [0.29, 0.717) is 12.3 Å². The fourth-order valence-corrected chi connectivity index (χ4v) is 1.25. The molecule has 78 valence electrons. The second-order valence-electron chi connectivity index (χ2n) is 2.54. The number of thioether (sulfide) groups is 1. The van der Waals surface area contributed by atoms with E-state index in [1.54, 1.807) is 12.2 Å². The van der Waals surface area contributed by atoms with Gasteiger partial charge in [0.15, 0.2) is 0 Å². The molecule has 0 aromatic heterocycles. The van der Waals surface area contributed by atoms with Gasteiger partial charge >= 0.3 is 0 Å². The van der Waals surface area contributed by atoms with Crippen LogP contribution < -0.4 is 5.32 Å². The normalized spacial score (nSPS) is 11.0. The van der Waals surface area contributed by atoms with Crippen molar-refractivity contribution in [1.82, 2.24) is 5.32 Å². The Bertz CT molecular complexity index is 247. The van der Waals surface area contributed by atoms with Gasteiger partial charge in [-0.05, 0) is 13.0 Å². The molecule has 0 aliphatic rings. The lowest BCUT2D eigenvalue weighted by molar-refractivity contribution is -0.118. The van der Waals surface area contributed by atoms with E-state index in [-0.39, 0.29) is 11.0 Å². The summed E-state index contributed by atoms with van der Waals surface area (Å²) in [5.74, 6) is 0.543. The number of hydrogen-bond acceptors (Lipinski definition) is 3. The number of allylic oxidation sites excluding steroid dienone is 3. The van der Waals surface area contributed by atoms with Crippen molar-refractivity contribution in [2.24, 2.45) is 0 Å². The highest BCUT2D eigenvalue weighted by Gasteiger charge is 1.96. The zero-order chi connectivity index (χ0) is 10.8. The van der Waals surface area contributed by atoms with Gasteiger partial charge in [-0.15, -0.1) is 0 Å². The largest absolute Gasteiger partial charge is 0.356 e. The first-order chi connectivity index (χ1) is 6.66. The van der Waals surface area contributed by atoms with Crippen LogP contribution in [0.25, 0.3) is 0 Å². The van der Waals surface area contributed by atoms with Crippen LogP contribution >= 0.6 is 11.8 Å². The Balaban J connectivity index is 3.49. The maximum absolute atomic E-state index is 11.1. The molecule has 3 nitrogen and oxygen atoms in total. The van der Waals surface area contributed by atoms with Crippen molar-refractivity contribution in [3.05, 3.63) is 24.3 Å². The highest BCUT2D eigenvalue weighted by molar-refractivity contribution is 8.14. The molecule has 0 heterocycles. The van der Waals surface area contributed by atoms with Crippen molar-refractivity contribution in [3.63, 3.8) is 0 Å². The zero-order valence-electron chi connectivity index (χ0n) is 8.45. The summed E-state index contributed by atoms with van der Waals surface area (Å²) >= 11 is 1.19. The van der Waals surface area contributed by atoms with Gasteiger partial charge in [-0.2, -0.15) is 0 Å². The summed E-state index contributed by atoms with van der Waals surface area (Å²) in [5, 5.41) is 2.63. The highest BCUT2D eigenvalue weighted by Crippen LogP contribution is 2.01. The number of nitrogens with one attached hydrogen (secondary N) is 1. The van der Waals surface area contributed by atoms with Gasteiger partial charge in [0.25, 0.3) is 0 Å². The molecule has 0 aliphatic carbocycles. The van der Waals surface area contributed by atoms with E-state index in [0.717, 1.165) is 0 Å². The van der Waals surface area contributed by atoms with E-state index < -0.39 is 0 Å². The molecular formula is C10H15NO2S. The van der Waals surface area contributed by atoms with Crippen molar-refractivity contribution in [2.45, 2.75) is 13.8 Å². The van der Waals surface area contributed by atoms with Gasteiger partial charge in [0.1, 0.15) is 0 Å². The lowest BCUT2D eigenvalue weighted by Crippen LogP contribution is -2.22. The van der Waals surface area contributed by atoms with Gasteiger partial charge in [-0.1, -0.05) is 30.0 Å². The molecule has 0 aromatic rings. The fraction of sp³-hybridized carbons (Fsp3) is 0.400. The third-order valence-electron chi connectivity index (χ3n) is 1.26. The maximum Gasteiger partial charge on any atom is 0.216 e. The van der Waals surface area contributed by atoms with Crippen molar-refractivity contribution in [3.8, 4) is 0 Å². The minimum absolute atomic E-state index is 0.00783. The van der Waals surface area contributed by atoms with Gasteiger partial charge < -0.3 is 5.32 Å². The molecule has 0 radical (unpaired) electrons.